The van der Waals surface area contributed by atoms with Gasteiger partial charge in [-0.2, -0.15) is 0 Å². The van der Waals surface area contributed by atoms with Crippen molar-refractivity contribution in [3.05, 3.63) is 35.9 Å². The van der Waals surface area contributed by atoms with Crippen molar-refractivity contribution in [3.63, 3.8) is 0 Å². The smallest absolute Gasteiger partial charge is 0.0589 e. The van der Waals surface area contributed by atoms with Crippen molar-refractivity contribution >= 4 is 0 Å². The lowest BCUT2D eigenvalue weighted by molar-refractivity contribution is 0.0966. The van der Waals surface area contributed by atoms with Crippen LogP contribution in [0, 0.1) is 11.8 Å². The van der Waals surface area contributed by atoms with Crippen LogP contribution in [-0.2, 0) is 6.54 Å². The highest BCUT2D eigenvalue weighted by atomic mass is 16.3. The average molecular weight is 245 g/mol. The molecule has 2 aliphatic rings. The SMILES string of the molecule is OCC(C1CC1)N(Cc1ccccc1)CC1CC1. The van der Waals surface area contributed by atoms with E-state index in [4.69, 9.17) is 0 Å². The van der Waals surface area contributed by atoms with Crippen LogP contribution in [0.1, 0.15) is 31.2 Å². The van der Waals surface area contributed by atoms with Gasteiger partial charge in [0.1, 0.15) is 0 Å². The van der Waals surface area contributed by atoms with Crippen molar-refractivity contribution in [1.82, 2.24) is 4.90 Å². The van der Waals surface area contributed by atoms with E-state index in [9.17, 15) is 5.11 Å². The van der Waals surface area contributed by atoms with Crippen molar-refractivity contribution in [2.45, 2.75) is 38.3 Å². The molecule has 0 radical (unpaired) electrons. The minimum atomic E-state index is 0.324. The fourth-order valence-electron chi connectivity index (χ4n) is 2.81. The second-order valence-electron chi connectivity index (χ2n) is 5.95. The first kappa shape index (κ1) is 12.2. The van der Waals surface area contributed by atoms with E-state index in [1.54, 1.807) is 0 Å². The number of aliphatic hydroxyl groups excluding tert-OH is 1. The molecule has 0 aliphatic heterocycles. The van der Waals surface area contributed by atoms with Gasteiger partial charge in [0.15, 0.2) is 0 Å². The first-order valence-electron chi connectivity index (χ1n) is 7.25. The molecule has 0 spiro atoms. The van der Waals surface area contributed by atoms with E-state index in [2.05, 4.69) is 35.2 Å². The molecule has 2 fully saturated rings. The second-order valence-corrected chi connectivity index (χ2v) is 5.95. The van der Waals surface area contributed by atoms with Gasteiger partial charge in [-0.3, -0.25) is 4.90 Å². The molecular weight excluding hydrogens is 222 g/mol. The molecule has 0 bridgehead atoms. The van der Waals surface area contributed by atoms with E-state index in [-0.39, 0.29) is 0 Å². The largest absolute Gasteiger partial charge is 0.395 e. The van der Waals surface area contributed by atoms with Crippen molar-refractivity contribution < 1.29 is 5.11 Å². The summed E-state index contributed by atoms with van der Waals surface area (Å²) in [6, 6.07) is 11.1. The van der Waals surface area contributed by atoms with Crippen molar-refractivity contribution in [2.24, 2.45) is 11.8 Å². The number of rotatable bonds is 7. The van der Waals surface area contributed by atoms with Crippen LogP contribution < -0.4 is 0 Å². The molecule has 0 amide bonds. The molecule has 18 heavy (non-hydrogen) atoms. The fourth-order valence-corrected chi connectivity index (χ4v) is 2.81. The average Bonchev–Trinajstić information content (AvgIpc) is 3.25. The van der Waals surface area contributed by atoms with E-state index in [0.717, 1.165) is 18.4 Å². The maximum absolute atomic E-state index is 9.68. The standard InChI is InChI=1S/C16H23NO/c18-12-16(15-8-9-15)17(11-14-6-7-14)10-13-4-2-1-3-5-13/h1-5,14-16,18H,6-12H2. The van der Waals surface area contributed by atoms with E-state index < -0.39 is 0 Å². The second kappa shape index (κ2) is 5.41. The predicted molar refractivity (Wildman–Crippen MR) is 73.2 cm³/mol. The number of benzene rings is 1. The Morgan fingerprint density at radius 2 is 1.83 bits per heavy atom. The summed E-state index contributed by atoms with van der Waals surface area (Å²) in [6.07, 6.45) is 5.38. The summed E-state index contributed by atoms with van der Waals surface area (Å²) in [5.41, 5.74) is 1.37. The third-order valence-corrected chi connectivity index (χ3v) is 4.24. The first-order valence-corrected chi connectivity index (χ1v) is 7.25. The van der Waals surface area contributed by atoms with Crippen LogP contribution in [0.5, 0.6) is 0 Å². The summed E-state index contributed by atoms with van der Waals surface area (Å²) < 4.78 is 0. The van der Waals surface area contributed by atoms with Crippen molar-refractivity contribution in [2.75, 3.05) is 13.2 Å². The van der Waals surface area contributed by atoms with Crippen LogP contribution in [0.25, 0.3) is 0 Å². The molecule has 1 unspecified atom stereocenters. The van der Waals surface area contributed by atoms with Gasteiger partial charge in [-0.05, 0) is 43.1 Å². The van der Waals surface area contributed by atoms with E-state index in [1.807, 2.05) is 0 Å². The first-order chi connectivity index (χ1) is 8.86. The molecule has 1 aromatic carbocycles. The zero-order valence-electron chi connectivity index (χ0n) is 11.0. The minimum Gasteiger partial charge on any atom is -0.395 e. The summed E-state index contributed by atoms with van der Waals surface area (Å²) in [5.74, 6) is 1.64. The molecule has 3 rings (SSSR count). The molecule has 2 aliphatic carbocycles. The molecule has 1 atom stereocenters. The number of hydrogen-bond donors (Lipinski definition) is 1. The summed E-state index contributed by atoms with van der Waals surface area (Å²) in [6.45, 7) is 2.50. The third kappa shape index (κ3) is 3.12. The van der Waals surface area contributed by atoms with E-state index in [1.165, 1.54) is 37.8 Å². The Balaban J connectivity index is 1.67. The van der Waals surface area contributed by atoms with E-state index >= 15 is 0 Å². The van der Waals surface area contributed by atoms with Gasteiger partial charge >= 0.3 is 0 Å². The van der Waals surface area contributed by atoms with Crippen molar-refractivity contribution in [3.8, 4) is 0 Å². The highest BCUT2D eigenvalue weighted by molar-refractivity contribution is 5.15. The molecule has 0 saturated heterocycles. The molecular formula is C16H23NO. The highest BCUT2D eigenvalue weighted by Crippen LogP contribution is 2.38. The van der Waals surface area contributed by atoms with Gasteiger partial charge in [0.05, 0.1) is 6.61 Å². The summed E-state index contributed by atoms with van der Waals surface area (Å²) in [4.78, 5) is 2.53. The van der Waals surface area contributed by atoms with Crippen LogP contribution in [-0.4, -0.2) is 29.2 Å². The summed E-state index contributed by atoms with van der Waals surface area (Å²) >= 11 is 0. The van der Waals surface area contributed by atoms with Gasteiger partial charge in [0.2, 0.25) is 0 Å². The van der Waals surface area contributed by atoms with Gasteiger partial charge in [-0.1, -0.05) is 30.3 Å². The lowest BCUT2D eigenvalue weighted by atomic mass is 10.1. The Hall–Kier alpha value is -0.860. The molecule has 2 nitrogen and oxygen atoms in total. The number of nitrogens with zero attached hydrogens (tertiary/aromatic N) is 1. The van der Waals surface area contributed by atoms with Gasteiger partial charge in [0, 0.05) is 19.1 Å². The van der Waals surface area contributed by atoms with Crippen LogP contribution in [0.3, 0.4) is 0 Å². The minimum absolute atomic E-state index is 0.324. The van der Waals surface area contributed by atoms with Crippen LogP contribution >= 0.6 is 0 Å². The van der Waals surface area contributed by atoms with Gasteiger partial charge in [-0.15, -0.1) is 0 Å². The summed E-state index contributed by atoms with van der Waals surface area (Å²) in [5, 5.41) is 9.68. The van der Waals surface area contributed by atoms with Gasteiger partial charge in [-0.25, -0.2) is 0 Å². The van der Waals surface area contributed by atoms with Gasteiger partial charge < -0.3 is 5.11 Å². The zero-order valence-corrected chi connectivity index (χ0v) is 11.0. The lowest BCUT2D eigenvalue weighted by Gasteiger charge is -2.30. The van der Waals surface area contributed by atoms with Crippen LogP contribution in [0.2, 0.25) is 0 Å². The highest BCUT2D eigenvalue weighted by Gasteiger charge is 2.36. The monoisotopic (exact) mass is 245 g/mol. The topological polar surface area (TPSA) is 23.5 Å². The molecule has 1 N–H and O–H groups in total. The zero-order chi connectivity index (χ0) is 12.4. The lowest BCUT2D eigenvalue weighted by Crippen LogP contribution is -2.40. The predicted octanol–water partition coefficient (Wildman–Crippen LogP) is 2.67. The molecule has 98 valence electrons. The molecule has 2 saturated carbocycles. The Morgan fingerprint density at radius 3 is 2.39 bits per heavy atom. The van der Waals surface area contributed by atoms with Crippen LogP contribution in [0.4, 0.5) is 0 Å². The Kier molecular flexibility index (Phi) is 3.67. The van der Waals surface area contributed by atoms with Crippen LogP contribution in [0.15, 0.2) is 30.3 Å². The summed E-state index contributed by atoms with van der Waals surface area (Å²) in [7, 11) is 0. The van der Waals surface area contributed by atoms with Gasteiger partial charge in [0.25, 0.3) is 0 Å². The Bertz CT molecular complexity index is 370. The Labute approximate surface area is 110 Å². The quantitative estimate of drug-likeness (QED) is 0.798. The molecule has 1 aromatic rings. The number of hydrogen-bond acceptors (Lipinski definition) is 2. The molecule has 2 heteroatoms. The Morgan fingerprint density at radius 1 is 1.11 bits per heavy atom. The third-order valence-electron chi connectivity index (χ3n) is 4.24. The van der Waals surface area contributed by atoms with E-state index in [0.29, 0.717) is 12.6 Å². The number of aliphatic hydroxyl groups is 1. The maximum atomic E-state index is 9.68. The molecule has 0 heterocycles. The maximum Gasteiger partial charge on any atom is 0.0589 e. The molecule has 0 aromatic heterocycles. The normalized spacial score (nSPS) is 21.2. The fraction of sp³-hybridized carbons (Fsp3) is 0.625. The van der Waals surface area contributed by atoms with Crippen molar-refractivity contribution in [1.29, 1.82) is 0 Å².